The number of aromatic nitrogens is 4. The topological polar surface area (TPSA) is 69.9 Å². The Bertz CT molecular complexity index is 879. The molecule has 0 atom stereocenters. The summed E-state index contributed by atoms with van der Waals surface area (Å²) in [6.07, 6.45) is 1.57. The van der Waals surface area contributed by atoms with Crippen LogP contribution in [0, 0.1) is 6.92 Å². The second-order valence-electron chi connectivity index (χ2n) is 4.64. The number of esters is 1. The van der Waals surface area contributed by atoms with Crippen LogP contribution in [0.4, 0.5) is 0 Å². The smallest absolute Gasteiger partial charge is 0.343 e. The van der Waals surface area contributed by atoms with Gasteiger partial charge in [0.1, 0.15) is 0 Å². The van der Waals surface area contributed by atoms with E-state index in [1.165, 1.54) is 10.7 Å². The lowest BCUT2D eigenvalue weighted by Gasteiger charge is -2.10. The van der Waals surface area contributed by atoms with Crippen LogP contribution in [0.1, 0.15) is 15.9 Å². The van der Waals surface area contributed by atoms with Crippen molar-refractivity contribution in [2.45, 2.75) is 6.92 Å². The molecule has 23 heavy (non-hydrogen) atoms. The summed E-state index contributed by atoms with van der Waals surface area (Å²) in [6.45, 7) is 1.82. The van der Waals surface area contributed by atoms with Crippen LogP contribution in [0.2, 0.25) is 10.3 Å². The molecule has 0 aliphatic carbocycles. The Kier molecular flexibility index (Phi) is 4.27. The maximum absolute atomic E-state index is 12.4. The zero-order valence-electron chi connectivity index (χ0n) is 11.9. The van der Waals surface area contributed by atoms with E-state index in [1.807, 2.05) is 19.1 Å². The van der Waals surface area contributed by atoms with Gasteiger partial charge in [-0.3, -0.25) is 0 Å². The van der Waals surface area contributed by atoms with Crippen LogP contribution < -0.4 is 4.74 Å². The van der Waals surface area contributed by atoms with Gasteiger partial charge in [0.05, 0.1) is 5.56 Å². The van der Waals surface area contributed by atoms with E-state index in [0.29, 0.717) is 5.56 Å². The number of ether oxygens (including phenoxy) is 1. The fourth-order valence-electron chi connectivity index (χ4n) is 1.96. The van der Waals surface area contributed by atoms with E-state index in [0.717, 1.165) is 5.56 Å². The number of nitrogens with zero attached hydrogens (tertiary/aromatic N) is 4. The van der Waals surface area contributed by atoms with E-state index in [4.69, 9.17) is 27.9 Å². The van der Waals surface area contributed by atoms with Gasteiger partial charge in [0.25, 0.3) is 0 Å². The van der Waals surface area contributed by atoms with Gasteiger partial charge in [-0.1, -0.05) is 41.4 Å². The third-order valence-corrected chi connectivity index (χ3v) is 3.44. The number of hydrogen-bond donors (Lipinski definition) is 0. The summed E-state index contributed by atoms with van der Waals surface area (Å²) in [5.41, 5.74) is 1.25. The fraction of sp³-hybridized carbons (Fsp3) is 0.0667. The number of benzene rings is 1. The molecule has 6 nitrogen and oxygen atoms in total. The van der Waals surface area contributed by atoms with E-state index in [9.17, 15) is 4.79 Å². The SMILES string of the molecule is Cc1ccccc1C(=O)Oc1cc(Cl)nnc1-n1ccc(Cl)n1. The largest absolute Gasteiger partial charge is 0.419 e. The molecule has 2 aromatic heterocycles. The number of halogens is 2. The molecule has 0 aliphatic heterocycles. The second kappa shape index (κ2) is 6.36. The van der Waals surface area contributed by atoms with Crippen molar-refractivity contribution < 1.29 is 9.53 Å². The Hall–Kier alpha value is -2.44. The molecule has 0 amide bonds. The predicted octanol–water partition coefficient (Wildman–Crippen LogP) is 3.50. The lowest BCUT2D eigenvalue weighted by atomic mass is 10.1. The molecule has 3 aromatic rings. The monoisotopic (exact) mass is 348 g/mol. The number of carbonyl (C=O) groups excluding carboxylic acids is 1. The second-order valence-corrected chi connectivity index (χ2v) is 5.42. The van der Waals surface area contributed by atoms with Gasteiger partial charge in [0.2, 0.25) is 5.82 Å². The summed E-state index contributed by atoms with van der Waals surface area (Å²) in [7, 11) is 0. The van der Waals surface area contributed by atoms with Gasteiger partial charge in [-0.05, 0) is 24.6 Å². The van der Waals surface area contributed by atoms with Gasteiger partial charge in [-0.25, -0.2) is 9.48 Å². The molecule has 2 heterocycles. The van der Waals surface area contributed by atoms with Gasteiger partial charge in [0, 0.05) is 12.3 Å². The highest BCUT2D eigenvalue weighted by atomic mass is 35.5. The first-order valence-corrected chi connectivity index (χ1v) is 7.33. The van der Waals surface area contributed by atoms with Crippen LogP contribution in [0.15, 0.2) is 42.6 Å². The van der Waals surface area contributed by atoms with Gasteiger partial charge < -0.3 is 4.74 Å². The van der Waals surface area contributed by atoms with E-state index < -0.39 is 5.97 Å². The minimum absolute atomic E-state index is 0.0968. The van der Waals surface area contributed by atoms with Crippen molar-refractivity contribution in [1.29, 1.82) is 0 Å². The van der Waals surface area contributed by atoms with Crippen LogP contribution in [0.3, 0.4) is 0 Å². The van der Waals surface area contributed by atoms with E-state index in [1.54, 1.807) is 24.4 Å². The molecule has 0 fully saturated rings. The molecule has 116 valence electrons. The van der Waals surface area contributed by atoms with Crippen LogP contribution in [-0.4, -0.2) is 25.9 Å². The molecular formula is C15H10Cl2N4O2. The molecular weight excluding hydrogens is 339 g/mol. The summed E-state index contributed by atoms with van der Waals surface area (Å²) in [4.78, 5) is 12.4. The van der Waals surface area contributed by atoms with Crippen molar-refractivity contribution in [3.8, 4) is 11.6 Å². The molecule has 0 saturated heterocycles. The zero-order chi connectivity index (χ0) is 16.4. The summed E-state index contributed by atoms with van der Waals surface area (Å²) in [5.74, 6) is -0.173. The standard InChI is InChI=1S/C15H10Cl2N4O2/c1-9-4-2-3-5-10(9)15(22)23-11-8-13(17)18-19-14(11)21-7-6-12(16)20-21/h2-8H,1H3. The molecule has 1 aromatic carbocycles. The van der Waals surface area contributed by atoms with Crippen LogP contribution >= 0.6 is 23.2 Å². The summed E-state index contributed by atoms with van der Waals surface area (Å²) in [6, 6.07) is 10.1. The third-order valence-electron chi connectivity index (χ3n) is 3.05. The highest BCUT2D eigenvalue weighted by Crippen LogP contribution is 2.24. The Morgan fingerprint density at radius 3 is 2.61 bits per heavy atom. The Balaban J connectivity index is 1.98. The van der Waals surface area contributed by atoms with Gasteiger partial charge >= 0.3 is 5.97 Å². The molecule has 0 saturated carbocycles. The Morgan fingerprint density at radius 2 is 1.91 bits per heavy atom. The van der Waals surface area contributed by atoms with Crippen molar-refractivity contribution in [2.75, 3.05) is 0 Å². The van der Waals surface area contributed by atoms with E-state index in [2.05, 4.69) is 15.3 Å². The van der Waals surface area contributed by atoms with Crippen molar-refractivity contribution >= 4 is 29.2 Å². The maximum atomic E-state index is 12.4. The Morgan fingerprint density at radius 1 is 1.13 bits per heavy atom. The zero-order valence-corrected chi connectivity index (χ0v) is 13.4. The van der Waals surface area contributed by atoms with Crippen molar-refractivity contribution in [2.24, 2.45) is 0 Å². The van der Waals surface area contributed by atoms with Gasteiger partial charge in [-0.15, -0.1) is 10.2 Å². The molecule has 0 spiro atoms. The minimum atomic E-state index is -0.522. The summed E-state index contributed by atoms with van der Waals surface area (Å²) in [5, 5.41) is 12.0. The average Bonchev–Trinajstić information content (AvgIpc) is 2.94. The molecule has 0 N–H and O–H groups in total. The number of rotatable bonds is 3. The molecule has 0 aliphatic rings. The third kappa shape index (κ3) is 3.33. The van der Waals surface area contributed by atoms with Crippen LogP contribution in [0.25, 0.3) is 5.82 Å². The first kappa shape index (κ1) is 15.5. The van der Waals surface area contributed by atoms with E-state index in [-0.39, 0.29) is 21.9 Å². The first-order chi connectivity index (χ1) is 11.0. The van der Waals surface area contributed by atoms with Crippen molar-refractivity contribution in [1.82, 2.24) is 20.0 Å². The number of carbonyl (C=O) groups is 1. The molecule has 3 rings (SSSR count). The number of aryl methyl sites for hydroxylation is 1. The first-order valence-electron chi connectivity index (χ1n) is 6.57. The lowest BCUT2D eigenvalue weighted by Crippen LogP contribution is -2.13. The highest BCUT2D eigenvalue weighted by Gasteiger charge is 2.17. The van der Waals surface area contributed by atoms with Crippen molar-refractivity contribution in [3.05, 3.63) is 64.0 Å². The van der Waals surface area contributed by atoms with Crippen LogP contribution in [-0.2, 0) is 0 Å². The molecule has 0 radical (unpaired) electrons. The van der Waals surface area contributed by atoms with Gasteiger partial charge in [-0.2, -0.15) is 5.10 Å². The fourth-order valence-corrected chi connectivity index (χ4v) is 2.23. The highest BCUT2D eigenvalue weighted by molar-refractivity contribution is 6.29. The number of hydrogen-bond acceptors (Lipinski definition) is 5. The molecule has 0 bridgehead atoms. The average molecular weight is 349 g/mol. The maximum Gasteiger partial charge on any atom is 0.343 e. The normalized spacial score (nSPS) is 10.6. The van der Waals surface area contributed by atoms with Gasteiger partial charge in [0.15, 0.2) is 16.1 Å². The minimum Gasteiger partial charge on any atom is -0.419 e. The summed E-state index contributed by atoms with van der Waals surface area (Å²) < 4.78 is 6.78. The van der Waals surface area contributed by atoms with Crippen LogP contribution in [0.5, 0.6) is 5.75 Å². The van der Waals surface area contributed by atoms with Crippen molar-refractivity contribution in [3.63, 3.8) is 0 Å². The lowest BCUT2D eigenvalue weighted by molar-refractivity contribution is 0.0732. The van der Waals surface area contributed by atoms with E-state index >= 15 is 0 Å². The Labute approximate surface area is 141 Å². The quantitative estimate of drug-likeness (QED) is 0.677. The summed E-state index contributed by atoms with van der Waals surface area (Å²) >= 11 is 11.7. The molecule has 0 unspecified atom stereocenters. The molecule has 8 heteroatoms. The predicted molar refractivity (Wildman–Crippen MR) is 85.3 cm³/mol.